The van der Waals surface area contributed by atoms with Gasteiger partial charge in [0.05, 0.1) is 44.0 Å². The summed E-state index contributed by atoms with van der Waals surface area (Å²) in [4.78, 5) is 43.2. The predicted octanol–water partition coefficient (Wildman–Crippen LogP) is 6.54. The molecule has 0 aromatic heterocycles. The number of nitro benzene ring substituents is 2. The molecule has 0 aliphatic heterocycles. The number of nitro groups is 2. The van der Waals surface area contributed by atoms with E-state index in [0.717, 1.165) is 36.4 Å². The van der Waals surface area contributed by atoms with Crippen molar-refractivity contribution < 1.29 is 57.2 Å². The number of fused-ring (bicyclic) bond motifs is 2. The minimum absolute atomic E-state index is 0. The van der Waals surface area contributed by atoms with Crippen LogP contribution in [0, 0.1) is 20.2 Å². The third kappa shape index (κ3) is 9.50. The molecular weight excluding hydrogens is 756 g/mol. The molecule has 0 aliphatic rings. The number of non-ortho nitro benzene ring substituents is 2. The first kappa shape index (κ1) is 40.3. The number of azo groups is 2. The van der Waals surface area contributed by atoms with Crippen LogP contribution < -0.4 is 31.1 Å². The van der Waals surface area contributed by atoms with Crippen LogP contribution in [-0.2, 0) is 27.0 Å². The monoisotopic (exact) mass is 780 g/mol. The Labute approximate surface area is 320 Å². The summed E-state index contributed by atoms with van der Waals surface area (Å²) in [5.41, 5.74) is -0.590. The summed E-state index contributed by atoms with van der Waals surface area (Å²) in [6.45, 7) is 2.65. The third-order valence-electron chi connectivity index (χ3n) is 7.41. The van der Waals surface area contributed by atoms with Crippen molar-refractivity contribution in [1.82, 2.24) is 0 Å². The molecule has 0 unspecified atom stereocenters. The first-order valence-electron chi connectivity index (χ1n) is 15.5. The smallest absolute Gasteiger partial charge is 0.871 e. The Bertz CT molecular complexity index is 2370. The molecule has 0 spiro atoms. The number of amides is 2. The summed E-state index contributed by atoms with van der Waals surface area (Å²) in [5, 5.41) is 92.5. The van der Waals surface area contributed by atoms with Crippen LogP contribution in [0.3, 0.4) is 0 Å². The third-order valence-corrected chi connectivity index (χ3v) is 7.41. The van der Waals surface area contributed by atoms with Crippen molar-refractivity contribution in [1.29, 1.82) is 0 Å². The Morgan fingerprint density at radius 1 is 0.527 bits per heavy atom. The van der Waals surface area contributed by atoms with Gasteiger partial charge in [0.15, 0.2) is 0 Å². The summed E-state index contributed by atoms with van der Waals surface area (Å²) in [6.07, 6.45) is 0. The molecule has 0 aliphatic carbocycles. The van der Waals surface area contributed by atoms with Crippen molar-refractivity contribution in [2.45, 2.75) is 13.8 Å². The molecule has 2 N–H and O–H groups in total. The Morgan fingerprint density at radius 3 is 1.24 bits per heavy atom. The quantitative estimate of drug-likeness (QED) is 0.0955. The summed E-state index contributed by atoms with van der Waals surface area (Å²) in [7, 11) is 0. The van der Waals surface area contributed by atoms with Crippen LogP contribution in [0.15, 0.2) is 118 Å². The van der Waals surface area contributed by atoms with Crippen molar-refractivity contribution in [3.05, 3.63) is 117 Å². The van der Waals surface area contributed by atoms with E-state index in [1.165, 1.54) is 26.0 Å². The van der Waals surface area contributed by atoms with Crippen molar-refractivity contribution in [2.24, 2.45) is 20.5 Å². The van der Waals surface area contributed by atoms with Gasteiger partial charge in [0, 0.05) is 48.9 Å². The molecule has 19 heteroatoms. The molecule has 1 radical (unpaired) electrons. The van der Waals surface area contributed by atoms with Gasteiger partial charge in [-0.15, -0.1) is 0 Å². The molecule has 6 aromatic carbocycles. The second kappa shape index (κ2) is 17.4. The van der Waals surface area contributed by atoms with E-state index in [1.807, 2.05) is 0 Å². The summed E-state index contributed by atoms with van der Waals surface area (Å²) in [6, 6.07) is 21.9. The molecule has 0 heterocycles. The fourth-order valence-electron chi connectivity index (χ4n) is 5.07. The number of carbonyl (C=O) groups excluding carboxylic acids is 2. The van der Waals surface area contributed by atoms with Gasteiger partial charge in [0.2, 0.25) is 11.8 Å². The SMILES string of the molecule is CC(=O)Nc1cccc2ccc([O-])c(N=Nc3cc([N+](=O)[O-])ccc3[O-])c12.CC(=O)Nc1cccc2ccc([O-])c(N=Nc3cc([N+](=O)[O-])ccc3[O-])c12.[Cr+3]. The molecule has 275 valence electrons. The van der Waals surface area contributed by atoms with Crippen LogP contribution in [0.2, 0.25) is 0 Å². The van der Waals surface area contributed by atoms with E-state index in [4.69, 9.17) is 0 Å². The van der Waals surface area contributed by atoms with Gasteiger partial charge < -0.3 is 31.1 Å². The van der Waals surface area contributed by atoms with E-state index < -0.39 is 32.8 Å². The topological polar surface area (TPSA) is 286 Å². The number of hydrogen-bond donors (Lipinski definition) is 2. The zero-order chi connectivity index (χ0) is 39.1. The molecule has 0 fully saturated rings. The van der Waals surface area contributed by atoms with Gasteiger partial charge in [-0.25, -0.2) is 0 Å². The van der Waals surface area contributed by atoms with Gasteiger partial charge in [-0.05, 0) is 22.9 Å². The average Bonchev–Trinajstić information content (AvgIpc) is 3.12. The van der Waals surface area contributed by atoms with Gasteiger partial charge in [0.25, 0.3) is 11.4 Å². The minimum atomic E-state index is -0.662. The molecule has 0 bridgehead atoms. The fraction of sp³-hybridized carbons (Fsp3) is 0.0556. The molecule has 0 saturated carbocycles. The first-order chi connectivity index (χ1) is 25.7. The predicted molar refractivity (Wildman–Crippen MR) is 189 cm³/mol. The zero-order valence-electron chi connectivity index (χ0n) is 28.4. The zero-order valence-corrected chi connectivity index (χ0v) is 29.7. The standard InChI is InChI=1S/2C18H14N4O5.Cr/c2*1-10(23)19-13-4-2-3-11-5-7-16(25)18(17(11)13)21-20-14-9-12(22(26)27)6-8-15(14)24;/h2*2-9,24-25H,1H3,(H,19,23);/q;;+3/p-4. The molecule has 2 amide bonds. The van der Waals surface area contributed by atoms with Crippen LogP contribution in [0.25, 0.3) is 21.5 Å². The summed E-state index contributed by atoms with van der Waals surface area (Å²) >= 11 is 0. The van der Waals surface area contributed by atoms with E-state index in [9.17, 15) is 50.2 Å². The number of rotatable bonds is 8. The number of nitrogens with one attached hydrogen (secondary N) is 2. The van der Waals surface area contributed by atoms with Crippen molar-refractivity contribution in [3.63, 3.8) is 0 Å². The molecule has 6 rings (SSSR count). The number of benzene rings is 6. The van der Waals surface area contributed by atoms with Crippen molar-refractivity contribution in [2.75, 3.05) is 10.6 Å². The van der Waals surface area contributed by atoms with E-state index in [-0.39, 0.29) is 63.3 Å². The molecule has 55 heavy (non-hydrogen) atoms. The Morgan fingerprint density at radius 2 is 0.891 bits per heavy atom. The van der Waals surface area contributed by atoms with Crippen molar-refractivity contribution >= 4 is 78.9 Å². The van der Waals surface area contributed by atoms with E-state index in [2.05, 4.69) is 31.1 Å². The van der Waals surface area contributed by atoms with Crippen LogP contribution in [0.5, 0.6) is 23.0 Å². The maximum absolute atomic E-state index is 12.3. The van der Waals surface area contributed by atoms with Crippen LogP contribution in [0.4, 0.5) is 45.5 Å². The minimum Gasteiger partial charge on any atom is -0.871 e. The second-order valence-electron chi connectivity index (χ2n) is 11.2. The summed E-state index contributed by atoms with van der Waals surface area (Å²) in [5.74, 6) is -2.74. The van der Waals surface area contributed by atoms with Crippen LogP contribution in [0.1, 0.15) is 13.8 Å². The second-order valence-corrected chi connectivity index (χ2v) is 11.2. The van der Waals surface area contributed by atoms with Gasteiger partial charge in [-0.2, -0.15) is 20.5 Å². The van der Waals surface area contributed by atoms with Crippen LogP contribution in [-0.4, -0.2) is 21.7 Å². The maximum Gasteiger partial charge on any atom is 3.00 e. The fourth-order valence-corrected chi connectivity index (χ4v) is 5.07. The summed E-state index contributed by atoms with van der Waals surface area (Å²) < 4.78 is 0. The number of hydrogen-bond acceptors (Lipinski definition) is 14. The van der Waals surface area contributed by atoms with Gasteiger partial charge >= 0.3 is 17.4 Å². The van der Waals surface area contributed by atoms with E-state index in [1.54, 1.807) is 48.5 Å². The van der Waals surface area contributed by atoms with Crippen LogP contribution >= 0.6 is 0 Å². The average molecular weight is 781 g/mol. The molecular formula is C36H24CrN8O10-. The van der Waals surface area contributed by atoms with Gasteiger partial charge in [0.1, 0.15) is 0 Å². The number of anilines is 2. The Hall–Kier alpha value is -7.49. The van der Waals surface area contributed by atoms with Gasteiger partial charge in [-0.1, -0.05) is 83.7 Å². The van der Waals surface area contributed by atoms with E-state index in [0.29, 0.717) is 32.9 Å². The molecule has 0 atom stereocenters. The maximum atomic E-state index is 12.3. The largest absolute Gasteiger partial charge is 3.00 e. The van der Waals surface area contributed by atoms with Gasteiger partial charge in [-0.3, -0.25) is 29.8 Å². The molecule has 6 aromatic rings. The molecule has 0 saturated heterocycles. The molecule has 18 nitrogen and oxygen atoms in total. The first-order valence-corrected chi connectivity index (χ1v) is 15.5. The van der Waals surface area contributed by atoms with E-state index >= 15 is 0 Å². The normalized spacial score (nSPS) is 10.8. The number of carbonyl (C=O) groups is 2. The Balaban J connectivity index is 0.000000240. The Kier molecular flexibility index (Phi) is 12.7. The number of nitrogens with zero attached hydrogens (tertiary/aromatic N) is 6. The van der Waals surface area contributed by atoms with Crippen molar-refractivity contribution in [3.8, 4) is 23.0 Å².